The minimum Gasteiger partial charge on any atom is -0.494 e. The van der Waals surface area contributed by atoms with Gasteiger partial charge in [-0.25, -0.2) is 4.39 Å². The molecule has 0 saturated carbocycles. The lowest BCUT2D eigenvalue weighted by Crippen LogP contribution is -2.36. The Hall–Kier alpha value is -3.15. The van der Waals surface area contributed by atoms with Crippen LogP contribution in [0.25, 0.3) is 0 Å². The molecule has 0 bridgehead atoms. The number of carbonyl (C=O) groups excluding carboxylic acids is 1. The number of nitriles is 1. The highest BCUT2D eigenvalue weighted by Crippen LogP contribution is 2.34. The minimum absolute atomic E-state index is 0.0590. The molecule has 7 nitrogen and oxygen atoms in total. The summed E-state index contributed by atoms with van der Waals surface area (Å²) in [5.41, 5.74) is 1.41. The Morgan fingerprint density at radius 1 is 1.27 bits per heavy atom. The van der Waals surface area contributed by atoms with Crippen molar-refractivity contribution >= 4 is 5.91 Å². The van der Waals surface area contributed by atoms with Crippen molar-refractivity contribution in [3.63, 3.8) is 0 Å². The van der Waals surface area contributed by atoms with Crippen LogP contribution < -0.4 is 14.8 Å². The summed E-state index contributed by atoms with van der Waals surface area (Å²) in [5.74, 6) is -0.636. The smallest absolute Gasteiger partial charge is 0.254 e. The van der Waals surface area contributed by atoms with Crippen molar-refractivity contribution in [2.45, 2.75) is 38.5 Å². The van der Waals surface area contributed by atoms with Crippen LogP contribution in [0.1, 0.15) is 42.6 Å². The van der Waals surface area contributed by atoms with Crippen LogP contribution in [0.15, 0.2) is 36.4 Å². The second-order valence-corrected chi connectivity index (χ2v) is 8.02. The summed E-state index contributed by atoms with van der Waals surface area (Å²) in [6.45, 7) is 4.20. The van der Waals surface area contributed by atoms with Crippen LogP contribution in [-0.2, 0) is 16.1 Å². The van der Waals surface area contributed by atoms with E-state index < -0.39 is 17.8 Å². The lowest BCUT2D eigenvalue weighted by atomic mass is 10.1. The molecule has 0 unspecified atom stereocenters. The number of amides is 1. The van der Waals surface area contributed by atoms with Gasteiger partial charge in [-0.1, -0.05) is 12.1 Å². The van der Waals surface area contributed by atoms with E-state index in [1.54, 1.807) is 24.3 Å². The number of hydrogen-bond donors (Lipinski definition) is 1. The molecule has 1 amide bonds. The number of carbonyl (C=O) groups is 1. The molecule has 2 aromatic rings. The number of rotatable bonds is 9. The van der Waals surface area contributed by atoms with Gasteiger partial charge in [0, 0.05) is 38.4 Å². The van der Waals surface area contributed by atoms with Gasteiger partial charge in [0.15, 0.2) is 17.7 Å². The highest BCUT2D eigenvalue weighted by molar-refractivity contribution is 5.82. The molecule has 1 atom stereocenters. The van der Waals surface area contributed by atoms with Crippen LogP contribution in [0.3, 0.4) is 0 Å². The maximum absolute atomic E-state index is 15.5. The standard InChI is InChI=1S/C25H30FN3O4/c1-4-32-20-13-21(23(26)22(14-20)33-19-9-11-29(2)12-10-19)24(31-3)25(30)28-16-18-7-5-17(15-27)6-8-18/h5-8,13-14,19,24H,4,9-12,16H2,1-3H3,(H,28,30)/t24-/m0/s1. The summed E-state index contributed by atoms with van der Waals surface area (Å²) in [7, 11) is 3.40. The molecule has 1 saturated heterocycles. The monoisotopic (exact) mass is 455 g/mol. The Kier molecular flexibility index (Phi) is 8.64. The Balaban J connectivity index is 1.78. The molecule has 0 aromatic heterocycles. The molecule has 1 aliphatic heterocycles. The van der Waals surface area contributed by atoms with Crippen LogP contribution in [0.2, 0.25) is 0 Å². The summed E-state index contributed by atoms with van der Waals surface area (Å²) in [4.78, 5) is 15.1. The van der Waals surface area contributed by atoms with Gasteiger partial charge in [-0.15, -0.1) is 0 Å². The van der Waals surface area contributed by atoms with Crippen molar-refractivity contribution in [2.75, 3.05) is 33.9 Å². The Morgan fingerprint density at radius 2 is 1.97 bits per heavy atom. The molecular weight excluding hydrogens is 425 g/mol. The average molecular weight is 456 g/mol. The normalized spacial score (nSPS) is 15.5. The summed E-state index contributed by atoms with van der Waals surface area (Å²) in [6, 6.07) is 11.9. The molecule has 8 heteroatoms. The number of methoxy groups -OCH3 is 1. The van der Waals surface area contributed by atoms with Gasteiger partial charge in [-0.2, -0.15) is 5.26 Å². The first-order valence-corrected chi connectivity index (χ1v) is 11.1. The number of hydrogen-bond acceptors (Lipinski definition) is 6. The fraction of sp³-hybridized carbons (Fsp3) is 0.440. The van der Waals surface area contributed by atoms with Gasteiger partial charge < -0.3 is 24.4 Å². The highest BCUT2D eigenvalue weighted by Gasteiger charge is 2.28. The summed E-state index contributed by atoms with van der Waals surface area (Å²) < 4.78 is 32.5. The van der Waals surface area contributed by atoms with E-state index in [-0.39, 0.29) is 24.0 Å². The molecule has 1 fully saturated rings. The van der Waals surface area contributed by atoms with Gasteiger partial charge >= 0.3 is 0 Å². The minimum atomic E-state index is -1.18. The van der Waals surface area contributed by atoms with E-state index in [1.165, 1.54) is 19.2 Å². The molecular formula is C25H30FN3O4. The van der Waals surface area contributed by atoms with Crippen LogP contribution in [0.5, 0.6) is 11.5 Å². The van der Waals surface area contributed by atoms with E-state index in [4.69, 9.17) is 19.5 Å². The molecule has 176 valence electrons. The fourth-order valence-corrected chi connectivity index (χ4v) is 3.76. The maximum atomic E-state index is 15.5. The lowest BCUT2D eigenvalue weighted by Gasteiger charge is -2.30. The highest BCUT2D eigenvalue weighted by atomic mass is 19.1. The predicted octanol–water partition coefficient (Wildman–Crippen LogP) is 3.57. The van der Waals surface area contributed by atoms with Crippen molar-refractivity contribution in [3.8, 4) is 17.6 Å². The van der Waals surface area contributed by atoms with E-state index in [0.29, 0.717) is 17.9 Å². The average Bonchev–Trinajstić information content (AvgIpc) is 2.82. The first-order valence-electron chi connectivity index (χ1n) is 11.1. The van der Waals surface area contributed by atoms with Gasteiger partial charge in [0.1, 0.15) is 11.9 Å². The SMILES string of the molecule is CCOc1cc(OC2CCN(C)CC2)c(F)c([C@H](OC)C(=O)NCc2ccc(C#N)cc2)c1. The zero-order valence-electron chi connectivity index (χ0n) is 19.3. The number of benzene rings is 2. The molecule has 1 N–H and O–H groups in total. The van der Waals surface area contributed by atoms with Gasteiger partial charge in [-0.05, 0) is 50.6 Å². The Morgan fingerprint density at radius 3 is 2.58 bits per heavy atom. The molecule has 0 radical (unpaired) electrons. The second kappa shape index (κ2) is 11.6. The van der Waals surface area contributed by atoms with Crippen LogP contribution in [0, 0.1) is 17.1 Å². The maximum Gasteiger partial charge on any atom is 0.254 e. The Bertz CT molecular complexity index is 982. The fourth-order valence-electron chi connectivity index (χ4n) is 3.76. The predicted molar refractivity (Wildman–Crippen MR) is 121 cm³/mol. The topological polar surface area (TPSA) is 83.8 Å². The largest absolute Gasteiger partial charge is 0.494 e. The van der Waals surface area contributed by atoms with Gasteiger partial charge in [0.05, 0.1) is 18.2 Å². The molecule has 2 aromatic carbocycles. The number of ether oxygens (including phenoxy) is 3. The molecule has 0 spiro atoms. The molecule has 1 aliphatic rings. The number of halogens is 1. The van der Waals surface area contributed by atoms with Gasteiger partial charge in [0.25, 0.3) is 5.91 Å². The number of likely N-dealkylation sites (tertiary alicyclic amines) is 1. The van der Waals surface area contributed by atoms with Gasteiger partial charge in [-0.3, -0.25) is 4.79 Å². The molecule has 0 aliphatic carbocycles. The van der Waals surface area contributed by atoms with Gasteiger partial charge in [0.2, 0.25) is 0 Å². The molecule has 1 heterocycles. The number of nitrogens with zero attached hydrogens (tertiary/aromatic N) is 2. The molecule has 3 rings (SSSR count). The quantitative estimate of drug-likeness (QED) is 0.622. The third kappa shape index (κ3) is 6.44. The Labute approximate surface area is 194 Å². The lowest BCUT2D eigenvalue weighted by molar-refractivity contribution is -0.131. The third-order valence-corrected chi connectivity index (χ3v) is 5.62. The summed E-state index contributed by atoms with van der Waals surface area (Å²) >= 11 is 0. The van der Waals surface area contributed by atoms with E-state index >= 15 is 4.39 Å². The van der Waals surface area contributed by atoms with Crippen LogP contribution in [0.4, 0.5) is 4.39 Å². The van der Waals surface area contributed by atoms with Crippen molar-refractivity contribution in [2.24, 2.45) is 0 Å². The first-order chi connectivity index (χ1) is 15.9. The third-order valence-electron chi connectivity index (χ3n) is 5.62. The van der Waals surface area contributed by atoms with E-state index in [2.05, 4.69) is 16.3 Å². The van der Waals surface area contributed by atoms with Crippen molar-refractivity contribution in [3.05, 3.63) is 58.9 Å². The molecule has 33 heavy (non-hydrogen) atoms. The van der Waals surface area contributed by atoms with E-state index in [0.717, 1.165) is 31.5 Å². The second-order valence-electron chi connectivity index (χ2n) is 8.02. The first kappa shape index (κ1) is 24.5. The number of piperidine rings is 1. The van der Waals surface area contributed by atoms with Crippen molar-refractivity contribution in [1.82, 2.24) is 10.2 Å². The summed E-state index contributed by atoms with van der Waals surface area (Å²) in [6.07, 6.45) is 0.307. The van der Waals surface area contributed by atoms with Crippen LogP contribution in [-0.4, -0.2) is 50.8 Å². The zero-order valence-corrected chi connectivity index (χ0v) is 19.3. The summed E-state index contributed by atoms with van der Waals surface area (Å²) in [5, 5.41) is 11.7. The van der Waals surface area contributed by atoms with E-state index in [9.17, 15) is 4.79 Å². The zero-order chi connectivity index (χ0) is 23.8. The van der Waals surface area contributed by atoms with E-state index in [1.807, 2.05) is 14.0 Å². The van der Waals surface area contributed by atoms with Crippen molar-refractivity contribution in [1.29, 1.82) is 5.26 Å². The van der Waals surface area contributed by atoms with Crippen molar-refractivity contribution < 1.29 is 23.4 Å². The number of nitrogens with one attached hydrogen (secondary N) is 1. The van der Waals surface area contributed by atoms with Crippen LogP contribution >= 0.6 is 0 Å².